The Hall–Kier alpha value is -2.14. The van der Waals surface area contributed by atoms with Gasteiger partial charge >= 0.3 is 5.97 Å². The predicted octanol–water partition coefficient (Wildman–Crippen LogP) is 3.16. The molecule has 5 nitrogen and oxygen atoms in total. The molecule has 0 spiro atoms. The van der Waals surface area contributed by atoms with Gasteiger partial charge < -0.3 is 15.2 Å². The number of ether oxygens (including phenoxy) is 1. The normalized spacial score (nSPS) is 10.7. The lowest BCUT2D eigenvalue weighted by atomic mass is 10.1. The first-order chi connectivity index (χ1) is 10.2. The van der Waals surface area contributed by atoms with Gasteiger partial charge in [0.15, 0.2) is 0 Å². The van der Waals surface area contributed by atoms with Crippen molar-refractivity contribution in [3.63, 3.8) is 0 Å². The van der Waals surface area contributed by atoms with Crippen molar-refractivity contribution in [2.75, 3.05) is 25.1 Å². The molecule has 5 heteroatoms. The Morgan fingerprint density at radius 1 is 1.29 bits per heavy atom. The summed E-state index contributed by atoms with van der Waals surface area (Å²) in [4.78, 5) is 15.4. The van der Waals surface area contributed by atoms with Crippen LogP contribution in [0, 0.1) is 0 Å². The van der Waals surface area contributed by atoms with Crippen LogP contribution in [0.3, 0.4) is 0 Å². The van der Waals surface area contributed by atoms with Gasteiger partial charge in [0, 0.05) is 30.1 Å². The van der Waals surface area contributed by atoms with Gasteiger partial charge in [0.2, 0.25) is 0 Å². The van der Waals surface area contributed by atoms with E-state index in [0.717, 1.165) is 24.8 Å². The standard InChI is InChI=1S/C16H20N2O3/c1-2-3-9-21-10-8-17-15-13-7-5-4-6-12(13)14(11-18-15)16(19)20/h4-7,11H,2-3,8-10H2,1H3,(H,17,18)(H,19,20). The smallest absolute Gasteiger partial charge is 0.337 e. The molecule has 2 rings (SSSR count). The summed E-state index contributed by atoms with van der Waals surface area (Å²) in [6.45, 7) is 4.15. The van der Waals surface area contributed by atoms with Gasteiger partial charge in [0.05, 0.1) is 12.2 Å². The highest BCUT2D eigenvalue weighted by Crippen LogP contribution is 2.24. The zero-order valence-electron chi connectivity index (χ0n) is 12.1. The van der Waals surface area contributed by atoms with Crippen LogP contribution in [0.4, 0.5) is 5.82 Å². The molecule has 21 heavy (non-hydrogen) atoms. The van der Waals surface area contributed by atoms with Crippen LogP contribution in [-0.2, 0) is 4.74 Å². The lowest BCUT2D eigenvalue weighted by Gasteiger charge is -2.10. The Labute approximate surface area is 124 Å². The highest BCUT2D eigenvalue weighted by Gasteiger charge is 2.11. The number of aromatic nitrogens is 1. The van der Waals surface area contributed by atoms with Gasteiger partial charge in [-0.15, -0.1) is 0 Å². The number of rotatable bonds is 8. The van der Waals surface area contributed by atoms with Crippen molar-refractivity contribution < 1.29 is 14.6 Å². The minimum atomic E-state index is -0.965. The largest absolute Gasteiger partial charge is 0.478 e. The highest BCUT2D eigenvalue weighted by atomic mass is 16.5. The SMILES string of the molecule is CCCCOCCNc1ncc(C(=O)O)c2ccccc12. The Balaban J connectivity index is 2.07. The number of unbranched alkanes of at least 4 members (excludes halogenated alkanes) is 1. The second kappa shape index (κ2) is 7.59. The summed E-state index contributed by atoms with van der Waals surface area (Å²) in [5.41, 5.74) is 0.218. The Kier molecular flexibility index (Phi) is 5.51. The lowest BCUT2D eigenvalue weighted by Crippen LogP contribution is -2.12. The Morgan fingerprint density at radius 3 is 2.76 bits per heavy atom. The predicted molar refractivity (Wildman–Crippen MR) is 82.9 cm³/mol. The molecule has 0 aliphatic rings. The van der Waals surface area contributed by atoms with Crippen LogP contribution < -0.4 is 5.32 Å². The van der Waals surface area contributed by atoms with Gasteiger partial charge in [-0.25, -0.2) is 9.78 Å². The van der Waals surface area contributed by atoms with E-state index in [4.69, 9.17) is 4.74 Å². The molecule has 0 unspecified atom stereocenters. The van der Waals surface area contributed by atoms with Crippen molar-refractivity contribution in [2.45, 2.75) is 19.8 Å². The third kappa shape index (κ3) is 3.92. The zero-order valence-corrected chi connectivity index (χ0v) is 12.1. The third-order valence-corrected chi connectivity index (χ3v) is 3.21. The summed E-state index contributed by atoms with van der Waals surface area (Å²) in [7, 11) is 0. The maximum absolute atomic E-state index is 11.2. The van der Waals surface area contributed by atoms with Crippen molar-refractivity contribution in [1.29, 1.82) is 0 Å². The molecule has 112 valence electrons. The maximum atomic E-state index is 11.2. The maximum Gasteiger partial charge on any atom is 0.337 e. The second-order valence-electron chi connectivity index (χ2n) is 4.76. The summed E-state index contributed by atoms with van der Waals surface area (Å²) >= 11 is 0. The molecule has 1 heterocycles. The van der Waals surface area contributed by atoms with Gasteiger partial charge in [-0.3, -0.25) is 0 Å². The Bertz CT molecular complexity index is 613. The topological polar surface area (TPSA) is 71.5 Å². The third-order valence-electron chi connectivity index (χ3n) is 3.21. The molecule has 1 aromatic carbocycles. The number of fused-ring (bicyclic) bond motifs is 1. The van der Waals surface area contributed by atoms with Crippen molar-refractivity contribution in [1.82, 2.24) is 4.98 Å². The van der Waals surface area contributed by atoms with Gasteiger partial charge in [0.1, 0.15) is 5.82 Å². The molecule has 0 aliphatic heterocycles. The first-order valence-electron chi connectivity index (χ1n) is 7.16. The van der Waals surface area contributed by atoms with E-state index in [1.54, 1.807) is 6.07 Å². The number of nitrogens with zero attached hydrogens (tertiary/aromatic N) is 1. The second-order valence-corrected chi connectivity index (χ2v) is 4.76. The molecule has 2 aromatic rings. The van der Waals surface area contributed by atoms with Gasteiger partial charge in [0.25, 0.3) is 0 Å². The first kappa shape index (κ1) is 15.3. The number of carboxylic acids is 1. The minimum absolute atomic E-state index is 0.218. The van der Waals surface area contributed by atoms with Crippen molar-refractivity contribution in [2.24, 2.45) is 0 Å². The van der Waals surface area contributed by atoms with Crippen molar-refractivity contribution >= 4 is 22.6 Å². The molecular formula is C16H20N2O3. The van der Waals surface area contributed by atoms with E-state index in [9.17, 15) is 9.90 Å². The number of pyridine rings is 1. The van der Waals surface area contributed by atoms with Crippen LogP contribution in [-0.4, -0.2) is 35.8 Å². The number of aromatic carboxylic acids is 1. The molecule has 1 aromatic heterocycles. The molecule has 0 bridgehead atoms. The number of hydrogen-bond acceptors (Lipinski definition) is 4. The first-order valence-corrected chi connectivity index (χ1v) is 7.16. The van der Waals surface area contributed by atoms with Gasteiger partial charge in [-0.05, 0) is 6.42 Å². The van der Waals surface area contributed by atoms with E-state index in [2.05, 4.69) is 17.2 Å². The van der Waals surface area contributed by atoms with Crippen LogP contribution in [0.25, 0.3) is 10.8 Å². The zero-order chi connectivity index (χ0) is 15.1. The van der Waals surface area contributed by atoms with Crippen LogP contribution in [0.15, 0.2) is 30.5 Å². The summed E-state index contributed by atoms with van der Waals surface area (Å²) in [6.07, 6.45) is 3.58. The number of anilines is 1. The van der Waals surface area contributed by atoms with E-state index in [1.165, 1.54) is 6.20 Å². The summed E-state index contributed by atoms with van der Waals surface area (Å²) in [5.74, 6) is -0.275. The fourth-order valence-corrected chi connectivity index (χ4v) is 2.09. The van der Waals surface area contributed by atoms with Gasteiger partial charge in [-0.2, -0.15) is 0 Å². The molecule has 0 fully saturated rings. The molecular weight excluding hydrogens is 268 g/mol. The summed E-state index contributed by atoms with van der Waals surface area (Å²) in [5, 5.41) is 13.9. The molecule has 0 saturated carbocycles. The molecule has 0 aliphatic carbocycles. The van der Waals surface area contributed by atoms with E-state index < -0.39 is 5.97 Å². The fourth-order valence-electron chi connectivity index (χ4n) is 2.09. The fraction of sp³-hybridized carbons (Fsp3) is 0.375. The van der Waals surface area contributed by atoms with E-state index in [0.29, 0.717) is 24.4 Å². The average Bonchev–Trinajstić information content (AvgIpc) is 2.50. The number of carbonyl (C=O) groups is 1. The lowest BCUT2D eigenvalue weighted by molar-refractivity contribution is 0.0698. The van der Waals surface area contributed by atoms with E-state index >= 15 is 0 Å². The number of carboxylic acid groups (broad SMARTS) is 1. The molecule has 2 N–H and O–H groups in total. The highest BCUT2D eigenvalue weighted by molar-refractivity contribution is 6.06. The Morgan fingerprint density at radius 2 is 2.05 bits per heavy atom. The number of benzene rings is 1. The molecule has 0 radical (unpaired) electrons. The monoisotopic (exact) mass is 288 g/mol. The van der Waals surface area contributed by atoms with E-state index in [1.807, 2.05) is 18.2 Å². The van der Waals surface area contributed by atoms with E-state index in [-0.39, 0.29) is 5.56 Å². The summed E-state index contributed by atoms with van der Waals surface area (Å²) in [6, 6.07) is 7.36. The quantitative estimate of drug-likeness (QED) is 0.730. The van der Waals surface area contributed by atoms with Crippen LogP contribution >= 0.6 is 0 Å². The molecule has 0 amide bonds. The van der Waals surface area contributed by atoms with Crippen molar-refractivity contribution in [3.05, 3.63) is 36.0 Å². The molecule has 0 saturated heterocycles. The van der Waals surface area contributed by atoms with Crippen LogP contribution in [0.5, 0.6) is 0 Å². The number of nitrogens with one attached hydrogen (secondary N) is 1. The summed E-state index contributed by atoms with van der Waals surface area (Å²) < 4.78 is 5.49. The van der Waals surface area contributed by atoms with Crippen molar-refractivity contribution in [3.8, 4) is 0 Å². The minimum Gasteiger partial charge on any atom is -0.478 e. The van der Waals surface area contributed by atoms with Gasteiger partial charge in [-0.1, -0.05) is 37.6 Å². The van der Waals surface area contributed by atoms with Crippen LogP contribution in [0.2, 0.25) is 0 Å². The number of hydrogen-bond donors (Lipinski definition) is 2. The average molecular weight is 288 g/mol. The van der Waals surface area contributed by atoms with Crippen LogP contribution in [0.1, 0.15) is 30.1 Å². The molecule has 0 atom stereocenters.